The van der Waals surface area contributed by atoms with Crippen LogP contribution in [-0.4, -0.2) is 15.7 Å². The molecule has 2 heterocycles. The summed E-state index contributed by atoms with van der Waals surface area (Å²) in [4.78, 5) is 14.2. The number of carbonyl (C=O) groups excluding carboxylic acids is 1. The molecule has 0 aliphatic carbocycles. The lowest BCUT2D eigenvalue weighted by Gasteiger charge is -2.12. The zero-order chi connectivity index (χ0) is 14.9. The Hall–Kier alpha value is -1.62. The molecule has 0 unspecified atom stereocenters. The van der Waals surface area contributed by atoms with E-state index in [1.54, 1.807) is 11.3 Å². The summed E-state index contributed by atoms with van der Waals surface area (Å²) in [5, 5.41) is 7.47. The highest BCUT2D eigenvalue weighted by Crippen LogP contribution is 2.22. The number of hydrogen-bond donors (Lipinski definition) is 1. The van der Waals surface area contributed by atoms with Crippen LogP contribution in [0.1, 0.15) is 51.3 Å². The molecule has 5 heteroatoms. The van der Waals surface area contributed by atoms with Gasteiger partial charge in [0.2, 0.25) is 0 Å². The largest absolute Gasteiger partial charge is 0.345 e. The molecule has 0 aliphatic rings. The van der Waals surface area contributed by atoms with Crippen molar-refractivity contribution in [3.05, 3.63) is 38.8 Å². The summed E-state index contributed by atoms with van der Waals surface area (Å²) >= 11 is 1.54. The Labute approximate surface area is 123 Å². The van der Waals surface area contributed by atoms with Crippen LogP contribution in [0.2, 0.25) is 0 Å². The average Bonchev–Trinajstić information content (AvgIpc) is 2.93. The number of amides is 1. The molecule has 2 aromatic rings. The van der Waals surface area contributed by atoms with Crippen LogP contribution in [0.4, 0.5) is 0 Å². The number of carbonyl (C=O) groups is 1. The summed E-state index contributed by atoms with van der Waals surface area (Å²) < 4.78 is 1.90. The lowest BCUT2D eigenvalue weighted by atomic mass is 10.1. The van der Waals surface area contributed by atoms with Gasteiger partial charge in [0, 0.05) is 23.2 Å². The van der Waals surface area contributed by atoms with Crippen molar-refractivity contribution in [2.75, 3.05) is 0 Å². The first-order valence-corrected chi connectivity index (χ1v) is 7.65. The standard InChI is InChI=1S/C15H21N3OS/c1-6-18-8-13(11(4)17-18)10(3)16-15(19)14-7-9(2)12(5)20-14/h7-8,10H,6H2,1-5H3,(H,16,19)/t10-/m0/s1. The zero-order valence-corrected chi connectivity index (χ0v) is 13.5. The molecule has 108 valence electrons. The summed E-state index contributed by atoms with van der Waals surface area (Å²) in [5.74, 6) is -0.0117. The Balaban J connectivity index is 2.12. The van der Waals surface area contributed by atoms with Crippen LogP contribution in [0.15, 0.2) is 12.3 Å². The highest BCUT2D eigenvalue weighted by atomic mass is 32.1. The van der Waals surface area contributed by atoms with Gasteiger partial charge in [-0.25, -0.2) is 0 Å². The minimum atomic E-state index is -0.0366. The minimum Gasteiger partial charge on any atom is -0.345 e. The summed E-state index contributed by atoms with van der Waals surface area (Å²) in [6, 6.07) is 1.91. The second kappa shape index (κ2) is 5.79. The number of thiophene rings is 1. The number of nitrogens with one attached hydrogen (secondary N) is 1. The summed E-state index contributed by atoms with van der Waals surface area (Å²) in [6.07, 6.45) is 2.01. The number of rotatable bonds is 4. The predicted molar refractivity (Wildman–Crippen MR) is 82.3 cm³/mol. The van der Waals surface area contributed by atoms with Crippen molar-refractivity contribution in [1.29, 1.82) is 0 Å². The second-order valence-electron chi connectivity index (χ2n) is 5.07. The van der Waals surface area contributed by atoms with Gasteiger partial charge in [-0.05, 0) is 46.2 Å². The number of aromatic nitrogens is 2. The third-order valence-electron chi connectivity index (χ3n) is 3.51. The third-order valence-corrected chi connectivity index (χ3v) is 4.66. The first-order valence-electron chi connectivity index (χ1n) is 6.84. The van der Waals surface area contributed by atoms with Gasteiger partial charge in [0.15, 0.2) is 0 Å². The van der Waals surface area contributed by atoms with Crippen LogP contribution < -0.4 is 5.32 Å². The van der Waals surface area contributed by atoms with Gasteiger partial charge in [0.1, 0.15) is 0 Å². The van der Waals surface area contributed by atoms with Crippen LogP contribution in [0.25, 0.3) is 0 Å². The fourth-order valence-electron chi connectivity index (χ4n) is 2.15. The molecule has 0 bridgehead atoms. The summed E-state index contributed by atoms with van der Waals surface area (Å²) in [7, 11) is 0. The molecule has 1 amide bonds. The Kier molecular flexibility index (Phi) is 4.28. The van der Waals surface area contributed by atoms with Crippen LogP contribution in [0.3, 0.4) is 0 Å². The van der Waals surface area contributed by atoms with Crippen molar-refractivity contribution in [3.8, 4) is 0 Å². The van der Waals surface area contributed by atoms with Crippen molar-refractivity contribution in [2.45, 2.75) is 47.2 Å². The third kappa shape index (κ3) is 2.93. The molecule has 0 aliphatic heterocycles. The molecule has 2 aromatic heterocycles. The van der Waals surface area contributed by atoms with Gasteiger partial charge in [-0.15, -0.1) is 11.3 Å². The Morgan fingerprint density at radius 3 is 2.65 bits per heavy atom. The van der Waals surface area contributed by atoms with E-state index in [1.165, 1.54) is 10.4 Å². The molecule has 20 heavy (non-hydrogen) atoms. The van der Waals surface area contributed by atoms with E-state index in [0.717, 1.165) is 22.7 Å². The smallest absolute Gasteiger partial charge is 0.261 e. The fourth-order valence-corrected chi connectivity index (χ4v) is 3.09. The molecule has 4 nitrogen and oxygen atoms in total. The van der Waals surface area contributed by atoms with Gasteiger partial charge in [0.25, 0.3) is 5.91 Å². The van der Waals surface area contributed by atoms with Crippen molar-refractivity contribution in [2.24, 2.45) is 0 Å². The summed E-state index contributed by atoms with van der Waals surface area (Å²) in [5.41, 5.74) is 3.21. The summed E-state index contributed by atoms with van der Waals surface area (Å²) in [6.45, 7) is 10.9. The van der Waals surface area contributed by atoms with Crippen LogP contribution in [-0.2, 0) is 6.54 Å². The van der Waals surface area contributed by atoms with E-state index in [2.05, 4.69) is 17.3 Å². The minimum absolute atomic E-state index is 0.0117. The molecule has 1 atom stereocenters. The first-order chi connectivity index (χ1) is 9.42. The van der Waals surface area contributed by atoms with Crippen molar-refractivity contribution in [1.82, 2.24) is 15.1 Å². The Morgan fingerprint density at radius 1 is 1.45 bits per heavy atom. The lowest BCUT2D eigenvalue weighted by Crippen LogP contribution is -2.26. The second-order valence-corrected chi connectivity index (χ2v) is 6.33. The number of aryl methyl sites for hydroxylation is 4. The number of nitrogens with zero attached hydrogens (tertiary/aromatic N) is 2. The average molecular weight is 291 g/mol. The van der Waals surface area contributed by atoms with E-state index < -0.39 is 0 Å². The molecule has 0 spiro atoms. The molecule has 0 saturated heterocycles. The van der Waals surface area contributed by atoms with E-state index in [0.29, 0.717) is 0 Å². The van der Waals surface area contributed by atoms with Crippen molar-refractivity contribution < 1.29 is 4.79 Å². The van der Waals surface area contributed by atoms with E-state index in [4.69, 9.17) is 0 Å². The fraction of sp³-hybridized carbons (Fsp3) is 0.467. The maximum Gasteiger partial charge on any atom is 0.261 e. The van der Waals surface area contributed by atoms with E-state index in [1.807, 2.05) is 44.6 Å². The lowest BCUT2D eigenvalue weighted by molar-refractivity contribution is 0.0944. The maximum atomic E-state index is 12.3. The van der Waals surface area contributed by atoms with Crippen LogP contribution in [0, 0.1) is 20.8 Å². The highest BCUT2D eigenvalue weighted by molar-refractivity contribution is 7.14. The normalized spacial score (nSPS) is 12.4. The van der Waals surface area contributed by atoms with E-state index >= 15 is 0 Å². The van der Waals surface area contributed by atoms with Gasteiger partial charge >= 0.3 is 0 Å². The van der Waals surface area contributed by atoms with Gasteiger partial charge in [-0.1, -0.05) is 0 Å². The topological polar surface area (TPSA) is 46.9 Å². The molecular formula is C15H21N3OS. The predicted octanol–water partition coefficient (Wildman–Crippen LogP) is 3.38. The molecule has 2 rings (SSSR count). The monoisotopic (exact) mass is 291 g/mol. The highest BCUT2D eigenvalue weighted by Gasteiger charge is 2.17. The molecular weight excluding hydrogens is 270 g/mol. The first kappa shape index (κ1) is 14.8. The number of hydrogen-bond acceptors (Lipinski definition) is 3. The van der Waals surface area contributed by atoms with Gasteiger partial charge < -0.3 is 5.32 Å². The quantitative estimate of drug-likeness (QED) is 0.938. The molecule has 0 saturated carbocycles. The molecule has 0 fully saturated rings. The molecule has 0 radical (unpaired) electrons. The van der Waals surface area contributed by atoms with Crippen LogP contribution >= 0.6 is 11.3 Å². The molecule has 0 aromatic carbocycles. The SMILES string of the molecule is CCn1cc([C@H](C)NC(=O)c2cc(C)c(C)s2)c(C)n1. The Morgan fingerprint density at radius 2 is 2.15 bits per heavy atom. The van der Waals surface area contributed by atoms with Crippen LogP contribution in [0.5, 0.6) is 0 Å². The van der Waals surface area contributed by atoms with Crippen molar-refractivity contribution >= 4 is 17.2 Å². The Bertz CT molecular complexity index is 608. The zero-order valence-electron chi connectivity index (χ0n) is 12.7. The van der Waals surface area contributed by atoms with Crippen molar-refractivity contribution in [3.63, 3.8) is 0 Å². The maximum absolute atomic E-state index is 12.3. The van der Waals surface area contributed by atoms with Gasteiger partial charge in [-0.2, -0.15) is 5.10 Å². The molecule has 1 N–H and O–H groups in total. The van der Waals surface area contributed by atoms with Gasteiger partial charge in [0.05, 0.1) is 16.6 Å². The van der Waals surface area contributed by atoms with E-state index in [9.17, 15) is 4.79 Å². The van der Waals surface area contributed by atoms with Gasteiger partial charge in [-0.3, -0.25) is 9.48 Å². The van der Waals surface area contributed by atoms with E-state index in [-0.39, 0.29) is 11.9 Å².